The van der Waals surface area contributed by atoms with Gasteiger partial charge in [-0.2, -0.15) is 0 Å². The second-order valence-corrected chi connectivity index (χ2v) is 5.58. The summed E-state index contributed by atoms with van der Waals surface area (Å²) in [7, 11) is 0. The zero-order chi connectivity index (χ0) is 13.1. The molecule has 1 aliphatic rings. The Kier molecular flexibility index (Phi) is 4.00. The number of benzene rings is 1. The lowest BCUT2D eigenvalue weighted by atomic mass is 10.00. The molecular formula is C15H24N2O. The predicted molar refractivity (Wildman–Crippen MR) is 77.2 cm³/mol. The van der Waals surface area contributed by atoms with E-state index in [2.05, 4.69) is 24.0 Å². The zero-order valence-corrected chi connectivity index (χ0v) is 11.6. The Morgan fingerprint density at radius 1 is 1.39 bits per heavy atom. The molecule has 0 saturated carbocycles. The van der Waals surface area contributed by atoms with E-state index in [0.717, 1.165) is 30.4 Å². The summed E-state index contributed by atoms with van der Waals surface area (Å²) in [4.78, 5) is 2.43. The van der Waals surface area contributed by atoms with Crippen molar-refractivity contribution in [2.75, 3.05) is 23.7 Å². The summed E-state index contributed by atoms with van der Waals surface area (Å²) in [6, 6.07) is 6.13. The van der Waals surface area contributed by atoms with Gasteiger partial charge < -0.3 is 15.4 Å². The third-order valence-electron chi connectivity index (χ3n) is 3.38. The number of nitrogens with zero attached hydrogens (tertiary/aromatic N) is 1. The molecule has 0 spiro atoms. The van der Waals surface area contributed by atoms with Gasteiger partial charge in [-0.1, -0.05) is 6.92 Å². The van der Waals surface area contributed by atoms with Crippen LogP contribution in [-0.4, -0.2) is 19.2 Å². The first kappa shape index (κ1) is 13.1. The maximum Gasteiger partial charge on any atom is 0.144 e. The van der Waals surface area contributed by atoms with E-state index in [1.165, 1.54) is 18.5 Å². The van der Waals surface area contributed by atoms with Crippen molar-refractivity contribution in [1.29, 1.82) is 0 Å². The molecule has 0 bridgehead atoms. The van der Waals surface area contributed by atoms with Crippen LogP contribution >= 0.6 is 0 Å². The minimum Gasteiger partial charge on any atom is -0.489 e. The minimum absolute atomic E-state index is 0.155. The van der Waals surface area contributed by atoms with Crippen molar-refractivity contribution in [3.8, 4) is 5.75 Å². The van der Waals surface area contributed by atoms with Gasteiger partial charge in [-0.3, -0.25) is 0 Å². The standard InChI is InChI=1S/C15H24N2O/c1-11(2)18-15-9-13(6-7-14(15)16)17-8-4-5-12(3)10-17/h6-7,9,11-12H,4-5,8,10,16H2,1-3H3. The lowest BCUT2D eigenvalue weighted by Gasteiger charge is -2.33. The van der Waals surface area contributed by atoms with Crippen LogP contribution in [0.15, 0.2) is 18.2 Å². The Morgan fingerprint density at radius 3 is 2.83 bits per heavy atom. The number of hydrogen-bond acceptors (Lipinski definition) is 3. The molecule has 1 aromatic rings. The summed E-state index contributed by atoms with van der Waals surface area (Å²) in [5.74, 6) is 1.58. The molecule has 1 unspecified atom stereocenters. The lowest BCUT2D eigenvalue weighted by molar-refractivity contribution is 0.244. The summed E-state index contributed by atoms with van der Waals surface area (Å²) < 4.78 is 5.75. The molecule has 0 aromatic heterocycles. The van der Waals surface area contributed by atoms with E-state index in [1.807, 2.05) is 19.9 Å². The largest absolute Gasteiger partial charge is 0.489 e. The van der Waals surface area contributed by atoms with Crippen LogP contribution in [0.1, 0.15) is 33.6 Å². The Balaban J connectivity index is 2.17. The van der Waals surface area contributed by atoms with Gasteiger partial charge in [-0.25, -0.2) is 0 Å². The smallest absolute Gasteiger partial charge is 0.144 e. The molecule has 2 rings (SSSR count). The average molecular weight is 248 g/mol. The molecule has 1 saturated heterocycles. The van der Waals surface area contributed by atoms with Crippen molar-refractivity contribution < 1.29 is 4.74 Å². The molecule has 1 atom stereocenters. The first-order chi connectivity index (χ1) is 8.56. The molecule has 100 valence electrons. The van der Waals surface area contributed by atoms with Crippen molar-refractivity contribution in [2.45, 2.75) is 39.7 Å². The van der Waals surface area contributed by atoms with E-state index in [-0.39, 0.29) is 6.10 Å². The molecule has 18 heavy (non-hydrogen) atoms. The lowest BCUT2D eigenvalue weighted by Crippen LogP contribution is -2.34. The monoisotopic (exact) mass is 248 g/mol. The van der Waals surface area contributed by atoms with Gasteiger partial charge in [0.15, 0.2) is 0 Å². The van der Waals surface area contributed by atoms with Crippen molar-refractivity contribution in [3.05, 3.63) is 18.2 Å². The molecule has 0 aliphatic carbocycles. The number of hydrogen-bond donors (Lipinski definition) is 1. The van der Waals surface area contributed by atoms with Crippen LogP contribution < -0.4 is 15.4 Å². The number of nitrogen functional groups attached to an aromatic ring is 1. The molecule has 1 fully saturated rings. The van der Waals surface area contributed by atoms with E-state index in [0.29, 0.717) is 0 Å². The third-order valence-corrected chi connectivity index (χ3v) is 3.38. The average Bonchev–Trinajstić information content (AvgIpc) is 2.31. The minimum atomic E-state index is 0.155. The van der Waals surface area contributed by atoms with Crippen LogP contribution in [0.2, 0.25) is 0 Å². The summed E-state index contributed by atoms with van der Waals surface area (Å²) in [5.41, 5.74) is 7.90. The Bertz CT molecular complexity index is 403. The van der Waals surface area contributed by atoms with E-state index in [4.69, 9.17) is 10.5 Å². The van der Waals surface area contributed by atoms with Crippen molar-refractivity contribution in [1.82, 2.24) is 0 Å². The Morgan fingerprint density at radius 2 is 2.17 bits per heavy atom. The molecule has 1 heterocycles. The van der Waals surface area contributed by atoms with Gasteiger partial charge in [0.2, 0.25) is 0 Å². The van der Waals surface area contributed by atoms with Crippen LogP contribution in [-0.2, 0) is 0 Å². The molecule has 0 amide bonds. The van der Waals surface area contributed by atoms with Gasteiger partial charge in [0, 0.05) is 24.8 Å². The summed E-state index contributed by atoms with van der Waals surface area (Å²) in [5, 5.41) is 0. The number of piperidine rings is 1. The third kappa shape index (κ3) is 3.09. The van der Waals surface area contributed by atoms with Crippen molar-refractivity contribution >= 4 is 11.4 Å². The fourth-order valence-corrected chi connectivity index (χ4v) is 2.50. The zero-order valence-electron chi connectivity index (χ0n) is 11.6. The predicted octanol–water partition coefficient (Wildman–Crippen LogP) is 3.29. The highest BCUT2D eigenvalue weighted by Crippen LogP contribution is 2.30. The molecule has 3 nitrogen and oxygen atoms in total. The highest BCUT2D eigenvalue weighted by Gasteiger charge is 2.17. The number of rotatable bonds is 3. The highest BCUT2D eigenvalue weighted by molar-refractivity contribution is 5.62. The van der Waals surface area contributed by atoms with Gasteiger partial charge in [0.1, 0.15) is 5.75 Å². The van der Waals surface area contributed by atoms with Gasteiger partial charge in [0.25, 0.3) is 0 Å². The van der Waals surface area contributed by atoms with E-state index in [1.54, 1.807) is 0 Å². The number of ether oxygens (including phenoxy) is 1. The molecule has 0 radical (unpaired) electrons. The number of anilines is 2. The second-order valence-electron chi connectivity index (χ2n) is 5.58. The van der Waals surface area contributed by atoms with E-state index >= 15 is 0 Å². The molecule has 2 N–H and O–H groups in total. The van der Waals surface area contributed by atoms with Gasteiger partial charge in [-0.15, -0.1) is 0 Å². The maximum atomic E-state index is 5.95. The molecule has 1 aromatic carbocycles. The second kappa shape index (κ2) is 5.51. The van der Waals surface area contributed by atoms with Crippen LogP contribution in [0.5, 0.6) is 5.75 Å². The summed E-state index contributed by atoms with van der Waals surface area (Å²) in [6.07, 6.45) is 2.76. The van der Waals surface area contributed by atoms with Crippen LogP contribution in [0.25, 0.3) is 0 Å². The molecule has 3 heteroatoms. The van der Waals surface area contributed by atoms with Crippen LogP contribution in [0.4, 0.5) is 11.4 Å². The number of nitrogens with two attached hydrogens (primary N) is 1. The maximum absolute atomic E-state index is 5.95. The van der Waals surface area contributed by atoms with Gasteiger partial charge >= 0.3 is 0 Å². The fraction of sp³-hybridized carbons (Fsp3) is 0.600. The van der Waals surface area contributed by atoms with Crippen LogP contribution in [0.3, 0.4) is 0 Å². The van der Waals surface area contributed by atoms with E-state index < -0.39 is 0 Å². The fourth-order valence-electron chi connectivity index (χ4n) is 2.50. The molecular weight excluding hydrogens is 224 g/mol. The SMILES string of the molecule is CC1CCCN(c2ccc(N)c(OC(C)C)c2)C1. The van der Waals surface area contributed by atoms with Gasteiger partial charge in [0.05, 0.1) is 11.8 Å². The highest BCUT2D eigenvalue weighted by atomic mass is 16.5. The summed E-state index contributed by atoms with van der Waals surface area (Å²) >= 11 is 0. The Labute approximate surface area is 110 Å². The van der Waals surface area contributed by atoms with Crippen molar-refractivity contribution in [3.63, 3.8) is 0 Å². The quantitative estimate of drug-likeness (QED) is 0.834. The Hall–Kier alpha value is -1.38. The molecule has 1 aliphatic heterocycles. The van der Waals surface area contributed by atoms with Crippen molar-refractivity contribution in [2.24, 2.45) is 5.92 Å². The first-order valence-electron chi connectivity index (χ1n) is 6.87. The summed E-state index contributed by atoms with van der Waals surface area (Å²) in [6.45, 7) is 8.62. The van der Waals surface area contributed by atoms with E-state index in [9.17, 15) is 0 Å². The van der Waals surface area contributed by atoms with Crippen LogP contribution in [0, 0.1) is 5.92 Å². The van der Waals surface area contributed by atoms with Gasteiger partial charge in [-0.05, 0) is 44.7 Å². The first-order valence-corrected chi connectivity index (χ1v) is 6.87. The normalized spacial score (nSPS) is 20.2. The topological polar surface area (TPSA) is 38.5 Å².